The second-order valence-corrected chi connectivity index (χ2v) is 10.5. The van der Waals surface area contributed by atoms with Crippen molar-refractivity contribution in [2.45, 2.75) is 36.4 Å². The summed E-state index contributed by atoms with van der Waals surface area (Å²) >= 11 is 5.86. The largest absolute Gasteiger partial charge is 0.482 e. The van der Waals surface area contributed by atoms with Crippen LogP contribution < -0.4 is 14.2 Å². The number of rotatable bonds is 8. The first kappa shape index (κ1) is 27.7. The van der Waals surface area contributed by atoms with Crippen molar-refractivity contribution >= 4 is 27.6 Å². The molecule has 0 aromatic heterocycles. The molecule has 3 aromatic carbocycles. The van der Waals surface area contributed by atoms with Gasteiger partial charge >= 0.3 is 12.1 Å². The number of carboxylic acids is 1. The maximum atomic E-state index is 13.9. The fourth-order valence-electron chi connectivity index (χ4n) is 4.13. The minimum Gasteiger partial charge on any atom is -0.482 e. The second kappa shape index (κ2) is 10.8. The number of ether oxygens (including phenoxy) is 2. The Morgan fingerprint density at radius 1 is 1.08 bits per heavy atom. The van der Waals surface area contributed by atoms with Gasteiger partial charge in [-0.3, -0.25) is 0 Å². The van der Waals surface area contributed by atoms with E-state index >= 15 is 0 Å². The minimum absolute atomic E-state index is 0.243. The molecule has 0 aliphatic heterocycles. The van der Waals surface area contributed by atoms with Crippen LogP contribution in [0.1, 0.15) is 35.6 Å². The van der Waals surface area contributed by atoms with Crippen molar-refractivity contribution in [3.63, 3.8) is 0 Å². The third-order valence-corrected chi connectivity index (χ3v) is 7.56. The van der Waals surface area contributed by atoms with Gasteiger partial charge in [0, 0.05) is 6.04 Å². The topological polar surface area (TPSA) is 102 Å². The highest BCUT2D eigenvalue weighted by Gasteiger charge is 2.37. The lowest BCUT2D eigenvalue weighted by Crippen LogP contribution is -2.31. The summed E-state index contributed by atoms with van der Waals surface area (Å²) in [6.45, 7) is -0.579. The number of carboxylic acid groups (broad SMARTS) is 1. The number of carbonyl (C=O) groups is 1. The average Bonchev–Trinajstić information content (AvgIpc) is 2.84. The summed E-state index contributed by atoms with van der Waals surface area (Å²) in [7, 11) is -4.44. The monoisotopic (exact) mass is 573 g/mol. The number of halogens is 5. The van der Waals surface area contributed by atoms with Crippen LogP contribution in [0.25, 0.3) is 0 Å². The molecular weight excluding hydrogens is 554 g/mol. The molecule has 0 saturated heterocycles. The van der Waals surface area contributed by atoms with E-state index in [-0.39, 0.29) is 10.8 Å². The zero-order chi connectivity index (χ0) is 27.7. The van der Waals surface area contributed by atoms with Gasteiger partial charge in [-0.15, -0.1) is 0 Å². The molecular formula is C25H20ClF4NO6S. The highest BCUT2D eigenvalue weighted by atomic mass is 35.5. The van der Waals surface area contributed by atoms with Crippen LogP contribution >= 0.6 is 11.6 Å². The van der Waals surface area contributed by atoms with Gasteiger partial charge in [-0.2, -0.15) is 13.2 Å². The smallest absolute Gasteiger partial charge is 0.420 e. The lowest BCUT2D eigenvalue weighted by Gasteiger charge is -2.28. The number of fused-ring (bicyclic) bond motifs is 1. The third-order valence-electron chi connectivity index (χ3n) is 5.79. The quantitative estimate of drug-likeness (QED) is 0.315. The molecule has 0 heterocycles. The van der Waals surface area contributed by atoms with Crippen LogP contribution in [0, 0.1) is 5.82 Å². The molecule has 13 heteroatoms. The molecule has 202 valence electrons. The molecule has 1 aliphatic carbocycles. The summed E-state index contributed by atoms with van der Waals surface area (Å²) in [5.41, 5.74) is -0.192. The minimum atomic E-state index is -4.98. The summed E-state index contributed by atoms with van der Waals surface area (Å²) in [6, 6.07) is 9.16. The highest BCUT2D eigenvalue weighted by molar-refractivity contribution is 7.89. The summed E-state index contributed by atoms with van der Waals surface area (Å²) in [5, 5.41) is 8.62. The highest BCUT2D eigenvalue weighted by Crippen LogP contribution is 2.41. The van der Waals surface area contributed by atoms with Gasteiger partial charge in [0.15, 0.2) is 6.61 Å². The molecule has 2 N–H and O–H groups in total. The van der Waals surface area contributed by atoms with E-state index in [1.54, 1.807) is 18.2 Å². The Morgan fingerprint density at radius 2 is 1.82 bits per heavy atom. The number of hydrogen-bond donors (Lipinski definition) is 2. The van der Waals surface area contributed by atoms with E-state index in [0.717, 1.165) is 30.3 Å². The molecule has 1 unspecified atom stereocenters. The Kier molecular flexibility index (Phi) is 7.86. The summed E-state index contributed by atoms with van der Waals surface area (Å²) in [6.07, 6.45) is -3.57. The van der Waals surface area contributed by atoms with Crippen molar-refractivity contribution < 1.29 is 45.4 Å². The molecule has 3 aromatic rings. The Labute approximate surface area is 220 Å². The zero-order valence-corrected chi connectivity index (χ0v) is 21.0. The third kappa shape index (κ3) is 6.20. The Bertz CT molecular complexity index is 1480. The van der Waals surface area contributed by atoms with Gasteiger partial charge in [-0.25, -0.2) is 22.3 Å². The van der Waals surface area contributed by atoms with E-state index in [2.05, 4.69) is 4.72 Å². The Balaban J connectivity index is 1.64. The van der Waals surface area contributed by atoms with Crippen LogP contribution in [-0.4, -0.2) is 26.1 Å². The van der Waals surface area contributed by atoms with Crippen molar-refractivity contribution in [3.8, 4) is 17.2 Å². The van der Waals surface area contributed by atoms with Crippen LogP contribution in [0.5, 0.6) is 17.2 Å². The molecule has 0 fully saturated rings. The predicted octanol–water partition coefficient (Wildman–Crippen LogP) is 6.11. The standard InChI is InChI=1S/C25H20ClF4NO6S/c26-19-11-14(27)7-9-23(19)37-22-10-8-15(12-18(22)25(28,29)30)38(34,35)31-20-5-1-4-17-16(20)3-2-6-21(17)36-13-24(32)33/h2-3,6-12,20,31H,1,4-5,13H2,(H,32,33). The number of aliphatic carboxylic acids is 1. The summed E-state index contributed by atoms with van der Waals surface area (Å²) < 4.78 is 94.2. The van der Waals surface area contributed by atoms with Crippen LogP contribution in [0.15, 0.2) is 59.5 Å². The van der Waals surface area contributed by atoms with Gasteiger partial charge in [0.05, 0.1) is 15.5 Å². The number of hydrogen-bond acceptors (Lipinski definition) is 5. The fraction of sp³-hybridized carbons (Fsp3) is 0.240. The SMILES string of the molecule is O=C(O)COc1cccc2c1CCCC2NS(=O)(=O)c1ccc(Oc2ccc(F)cc2Cl)c(C(F)(F)F)c1. The first-order valence-electron chi connectivity index (χ1n) is 11.2. The van der Waals surface area contributed by atoms with Crippen molar-refractivity contribution in [1.29, 1.82) is 0 Å². The number of sulfonamides is 1. The summed E-state index contributed by atoms with van der Waals surface area (Å²) in [5.74, 6) is -2.55. The van der Waals surface area contributed by atoms with Crippen LogP contribution in [0.4, 0.5) is 17.6 Å². The van der Waals surface area contributed by atoms with Crippen LogP contribution in [0.2, 0.25) is 5.02 Å². The molecule has 1 aliphatic rings. The van der Waals surface area contributed by atoms with Crippen LogP contribution in [0.3, 0.4) is 0 Å². The maximum Gasteiger partial charge on any atom is 0.420 e. The first-order valence-corrected chi connectivity index (χ1v) is 13.0. The number of nitrogens with one attached hydrogen (secondary N) is 1. The van der Waals surface area contributed by atoms with E-state index in [0.29, 0.717) is 42.2 Å². The molecule has 0 spiro atoms. The summed E-state index contributed by atoms with van der Waals surface area (Å²) in [4.78, 5) is 10.2. The lowest BCUT2D eigenvalue weighted by molar-refractivity contribution is -0.140. The second-order valence-electron chi connectivity index (χ2n) is 8.40. The Morgan fingerprint density at radius 3 is 2.50 bits per heavy atom. The fourth-order valence-corrected chi connectivity index (χ4v) is 5.61. The zero-order valence-electron chi connectivity index (χ0n) is 19.4. The van der Waals surface area contributed by atoms with Crippen molar-refractivity contribution in [3.05, 3.63) is 82.1 Å². The van der Waals surface area contributed by atoms with E-state index in [4.69, 9.17) is 26.2 Å². The maximum absolute atomic E-state index is 13.9. The van der Waals surface area contributed by atoms with Crippen molar-refractivity contribution in [2.24, 2.45) is 0 Å². The van der Waals surface area contributed by atoms with Gasteiger partial charge in [0.1, 0.15) is 23.1 Å². The molecule has 1 atom stereocenters. The molecule has 0 amide bonds. The van der Waals surface area contributed by atoms with Crippen LogP contribution in [-0.2, 0) is 27.4 Å². The lowest BCUT2D eigenvalue weighted by atomic mass is 9.87. The van der Waals surface area contributed by atoms with E-state index in [1.165, 1.54) is 0 Å². The van der Waals surface area contributed by atoms with Gasteiger partial charge in [-0.05, 0) is 72.9 Å². The number of alkyl halides is 3. The predicted molar refractivity (Wildman–Crippen MR) is 129 cm³/mol. The molecule has 0 bridgehead atoms. The molecule has 0 radical (unpaired) electrons. The Hall–Kier alpha value is -3.35. The van der Waals surface area contributed by atoms with Gasteiger partial charge < -0.3 is 14.6 Å². The van der Waals surface area contributed by atoms with E-state index in [1.807, 2.05) is 0 Å². The van der Waals surface area contributed by atoms with Crippen molar-refractivity contribution in [2.75, 3.05) is 6.61 Å². The molecule has 0 saturated carbocycles. The van der Waals surface area contributed by atoms with E-state index < -0.39 is 56.8 Å². The molecule has 38 heavy (non-hydrogen) atoms. The van der Waals surface area contributed by atoms with Gasteiger partial charge in [0.25, 0.3) is 0 Å². The molecule has 7 nitrogen and oxygen atoms in total. The van der Waals surface area contributed by atoms with Gasteiger partial charge in [0.2, 0.25) is 10.0 Å². The average molecular weight is 574 g/mol. The first-order chi connectivity index (χ1) is 17.8. The molecule has 4 rings (SSSR count). The van der Waals surface area contributed by atoms with E-state index in [9.17, 15) is 30.8 Å². The number of benzene rings is 3. The van der Waals surface area contributed by atoms with Crippen molar-refractivity contribution in [1.82, 2.24) is 4.72 Å². The van der Waals surface area contributed by atoms with Gasteiger partial charge in [-0.1, -0.05) is 23.7 Å². The normalized spacial score (nSPS) is 15.6.